The predicted octanol–water partition coefficient (Wildman–Crippen LogP) is 2.39. The molecule has 1 aliphatic carbocycles. The summed E-state index contributed by atoms with van der Waals surface area (Å²) >= 11 is 0. The molecule has 1 aromatic rings. The van der Waals surface area contributed by atoms with Gasteiger partial charge in [-0.1, -0.05) is 30.3 Å². The molecule has 0 heterocycles. The third-order valence-corrected chi connectivity index (χ3v) is 2.82. The van der Waals surface area contributed by atoms with E-state index in [9.17, 15) is 0 Å². The molecule has 0 radical (unpaired) electrons. The Labute approximate surface area is 85.7 Å². The SMILES string of the molecule is Cl.N[C@@H]1CC[C@@H]1Cc1ccccc1. The molecule has 1 nitrogen and oxygen atoms in total. The monoisotopic (exact) mass is 197 g/mol. The topological polar surface area (TPSA) is 26.0 Å². The molecule has 0 amide bonds. The molecule has 2 N–H and O–H groups in total. The van der Waals surface area contributed by atoms with Gasteiger partial charge in [-0.05, 0) is 30.7 Å². The van der Waals surface area contributed by atoms with Gasteiger partial charge < -0.3 is 5.73 Å². The average Bonchev–Trinajstić information content (AvgIpc) is 2.14. The van der Waals surface area contributed by atoms with Crippen LogP contribution >= 0.6 is 12.4 Å². The van der Waals surface area contributed by atoms with Crippen LogP contribution in [0.5, 0.6) is 0 Å². The quantitative estimate of drug-likeness (QED) is 0.774. The Morgan fingerprint density at radius 1 is 1.15 bits per heavy atom. The van der Waals surface area contributed by atoms with Crippen LogP contribution in [0.3, 0.4) is 0 Å². The third-order valence-electron chi connectivity index (χ3n) is 2.82. The zero-order valence-corrected chi connectivity index (χ0v) is 8.46. The first-order valence-electron chi connectivity index (χ1n) is 4.66. The highest BCUT2D eigenvalue weighted by Crippen LogP contribution is 2.28. The Morgan fingerprint density at radius 3 is 2.31 bits per heavy atom. The molecule has 2 rings (SSSR count). The molecular formula is C11H16ClN. The molecule has 0 aliphatic heterocycles. The first kappa shape index (κ1) is 10.6. The maximum Gasteiger partial charge on any atom is 0.00704 e. The lowest BCUT2D eigenvalue weighted by molar-refractivity contribution is 0.256. The normalized spacial score (nSPS) is 25.9. The van der Waals surface area contributed by atoms with Gasteiger partial charge in [-0.3, -0.25) is 0 Å². The van der Waals surface area contributed by atoms with E-state index >= 15 is 0 Å². The van der Waals surface area contributed by atoms with E-state index in [0.717, 1.165) is 5.92 Å². The summed E-state index contributed by atoms with van der Waals surface area (Å²) in [4.78, 5) is 0. The second kappa shape index (κ2) is 4.64. The smallest absolute Gasteiger partial charge is 0.00704 e. The van der Waals surface area contributed by atoms with Crippen molar-refractivity contribution < 1.29 is 0 Å². The molecular weight excluding hydrogens is 182 g/mol. The summed E-state index contributed by atoms with van der Waals surface area (Å²) in [5, 5.41) is 0. The van der Waals surface area contributed by atoms with E-state index in [4.69, 9.17) is 5.73 Å². The second-order valence-corrected chi connectivity index (χ2v) is 3.69. The van der Waals surface area contributed by atoms with Gasteiger partial charge in [0.1, 0.15) is 0 Å². The van der Waals surface area contributed by atoms with Crippen LogP contribution in [0.2, 0.25) is 0 Å². The first-order chi connectivity index (χ1) is 5.86. The van der Waals surface area contributed by atoms with Crippen molar-refractivity contribution in [2.75, 3.05) is 0 Å². The zero-order valence-electron chi connectivity index (χ0n) is 7.65. The molecule has 13 heavy (non-hydrogen) atoms. The highest BCUT2D eigenvalue weighted by molar-refractivity contribution is 5.85. The fourth-order valence-electron chi connectivity index (χ4n) is 1.77. The Morgan fingerprint density at radius 2 is 1.85 bits per heavy atom. The molecule has 0 spiro atoms. The fourth-order valence-corrected chi connectivity index (χ4v) is 1.77. The van der Waals surface area contributed by atoms with E-state index < -0.39 is 0 Å². The predicted molar refractivity (Wildman–Crippen MR) is 58.1 cm³/mol. The average molecular weight is 198 g/mol. The van der Waals surface area contributed by atoms with E-state index in [1.54, 1.807) is 0 Å². The summed E-state index contributed by atoms with van der Waals surface area (Å²) < 4.78 is 0. The number of benzene rings is 1. The van der Waals surface area contributed by atoms with Crippen LogP contribution in [0.1, 0.15) is 18.4 Å². The number of hydrogen-bond acceptors (Lipinski definition) is 1. The summed E-state index contributed by atoms with van der Waals surface area (Å²) in [6.07, 6.45) is 3.70. The van der Waals surface area contributed by atoms with Gasteiger partial charge in [0.2, 0.25) is 0 Å². The summed E-state index contributed by atoms with van der Waals surface area (Å²) in [6, 6.07) is 11.1. The van der Waals surface area contributed by atoms with Gasteiger partial charge in [0.15, 0.2) is 0 Å². The van der Waals surface area contributed by atoms with Gasteiger partial charge in [0.25, 0.3) is 0 Å². The van der Waals surface area contributed by atoms with Crippen molar-refractivity contribution in [3.05, 3.63) is 35.9 Å². The molecule has 0 bridgehead atoms. The molecule has 1 saturated carbocycles. The van der Waals surface area contributed by atoms with Crippen molar-refractivity contribution in [1.29, 1.82) is 0 Å². The van der Waals surface area contributed by atoms with Crippen molar-refractivity contribution in [1.82, 2.24) is 0 Å². The lowest BCUT2D eigenvalue weighted by Gasteiger charge is -2.33. The zero-order chi connectivity index (χ0) is 8.39. The maximum atomic E-state index is 5.87. The molecule has 0 aromatic heterocycles. The Bertz CT molecular complexity index is 248. The van der Waals surface area contributed by atoms with Crippen LogP contribution < -0.4 is 5.73 Å². The van der Waals surface area contributed by atoms with Crippen molar-refractivity contribution in [2.45, 2.75) is 25.3 Å². The summed E-state index contributed by atoms with van der Waals surface area (Å²) in [5.41, 5.74) is 7.30. The van der Waals surface area contributed by atoms with Crippen LogP contribution in [0.15, 0.2) is 30.3 Å². The minimum absolute atomic E-state index is 0. The first-order valence-corrected chi connectivity index (χ1v) is 4.66. The van der Waals surface area contributed by atoms with Crippen LogP contribution in [0.25, 0.3) is 0 Å². The Balaban J connectivity index is 0.000000845. The van der Waals surface area contributed by atoms with Gasteiger partial charge in [0.05, 0.1) is 0 Å². The summed E-state index contributed by atoms with van der Waals surface area (Å²) in [5.74, 6) is 0.743. The summed E-state index contributed by atoms with van der Waals surface area (Å²) in [6.45, 7) is 0. The maximum absolute atomic E-state index is 5.87. The van der Waals surface area contributed by atoms with Gasteiger partial charge in [-0.2, -0.15) is 0 Å². The molecule has 2 atom stereocenters. The molecule has 2 heteroatoms. The van der Waals surface area contributed by atoms with E-state index in [0.29, 0.717) is 6.04 Å². The van der Waals surface area contributed by atoms with E-state index in [-0.39, 0.29) is 12.4 Å². The highest BCUT2D eigenvalue weighted by Gasteiger charge is 2.26. The van der Waals surface area contributed by atoms with Crippen molar-refractivity contribution in [2.24, 2.45) is 11.7 Å². The van der Waals surface area contributed by atoms with Gasteiger partial charge >= 0.3 is 0 Å². The minimum Gasteiger partial charge on any atom is -0.327 e. The van der Waals surface area contributed by atoms with Gasteiger partial charge in [0, 0.05) is 6.04 Å². The lowest BCUT2D eigenvalue weighted by Crippen LogP contribution is -2.40. The lowest BCUT2D eigenvalue weighted by atomic mass is 9.76. The molecule has 1 aromatic carbocycles. The van der Waals surface area contributed by atoms with Crippen LogP contribution in [-0.2, 0) is 6.42 Å². The molecule has 72 valence electrons. The van der Waals surface area contributed by atoms with Gasteiger partial charge in [-0.15, -0.1) is 12.4 Å². The Kier molecular flexibility index (Phi) is 3.76. The fraction of sp³-hybridized carbons (Fsp3) is 0.455. The number of rotatable bonds is 2. The van der Waals surface area contributed by atoms with Gasteiger partial charge in [-0.25, -0.2) is 0 Å². The van der Waals surface area contributed by atoms with E-state index in [1.165, 1.54) is 24.8 Å². The van der Waals surface area contributed by atoms with E-state index in [2.05, 4.69) is 30.3 Å². The molecule has 1 aliphatic rings. The molecule has 0 unspecified atom stereocenters. The van der Waals surface area contributed by atoms with Crippen LogP contribution in [0.4, 0.5) is 0 Å². The molecule has 0 saturated heterocycles. The summed E-state index contributed by atoms with van der Waals surface area (Å²) in [7, 11) is 0. The molecule has 1 fully saturated rings. The largest absolute Gasteiger partial charge is 0.327 e. The standard InChI is InChI=1S/C11H15N.ClH/c12-11-7-6-10(11)8-9-4-2-1-3-5-9;/h1-5,10-11H,6-8,12H2;1H/t10-,11-;/m1./s1. The second-order valence-electron chi connectivity index (χ2n) is 3.69. The van der Waals surface area contributed by atoms with E-state index in [1.807, 2.05) is 0 Å². The minimum atomic E-state index is 0. The highest BCUT2D eigenvalue weighted by atomic mass is 35.5. The van der Waals surface area contributed by atoms with Crippen LogP contribution in [0, 0.1) is 5.92 Å². The van der Waals surface area contributed by atoms with Crippen molar-refractivity contribution in [3.8, 4) is 0 Å². The Hall–Kier alpha value is -0.530. The third kappa shape index (κ3) is 2.45. The number of hydrogen-bond donors (Lipinski definition) is 1. The van der Waals surface area contributed by atoms with Crippen molar-refractivity contribution in [3.63, 3.8) is 0 Å². The number of halogens is 1. The van der Waals surface area contributed by atoms with Crippen molar-refractivity contribution >= 4 is 12.4 Å². The number of nitrogens with two attached hydrogens (primary N) is 1. The van der Waals surface area contributed by atoms with Crippen LogP contribution in [-0.4, -0.2) is 6.04 Å².